The van der Waals surface area contributed by atoms with Crippen LogP contribution in [-0.4, -0.2) is 75.8 Å². The predicted octanol–water partition coefficient (Wildman–Crippen LogP) is 4.61. The zero-order valence-electron chi connectivity index (χ0n) is 24.0. The molecule has 7 aliphatic rings. The number of allylic oxidation sites excluding steroid dienone is 7. The van der Waals surface area contributed by atoms with E-state index >= 15 is 5.11 Å². The van der Waals surface area contributed by atoms with Gasteiger partial charge in [0.15, 0.2) is 0 Å². The largest absolute Gasteiger partial charge is 0.806 e. The maximum Gasteiger partial charge on any atom is 0.147 e. The van der Waals surface area contributed by atoms with Gasteiger partial charge in [-0.25, -0.2) is 0 Å². The predicted molar refractivity (Wildman–Crippen MR) is 154 cm³/mol. The molecule has 5 fully saturated rings. The van der Waals surface area contributed by atoms with Crippen molar-refractivity contribution in [2.75, 3.05) is 26.2 Å². The summed E-state index contributed by atoms with van der Waals surface area (Å²) in [5.74, 6) is 0.820. The minimum Gasteiger partial charge on any atom is -0.806 e. The van der Waals surface area contributed by atoms with E-state index in [0.29, 0.717) is 16.3 Å². The van der Waals surface area contributed by atoms with Gasteiger partial charge in [0.05, 0.1) is 19.1 Å². The lowest BCUT2D eigenvalue weighted by Gasteiger charge is -2.59. The monoisotopic (exact) mass is 536 g/mol. The zero-order chi connectivity index (χ0) is 26.9. The highest BCUT2D eigenvalue weighted by atomic mass is 16.3. The molecular formula is C34H52N2O3. The van der Waals surface area contributed by atoms with Crippen LogP contribution in [0, 0.1) is 17.3 Å². The first-order valence-electron chi connectivity index (χ1n) is 16.3. The van der Waals surface area contributed by atoms with Crippen LogP contribution in [0.25, 0.3) is 0 Å². The summed E-state index contributed by atoms with van der Waals surface area (Å²) in [6.45, 7) is 3.77. The smallest absolute Gasteiger partial charge is 0.147 e. The lowest BCUT2D eigenvalue weighted by molar-refractivity contribution is -1.04. The summed E-state index contributed by atoms with van der Waals surface area (Å²) in [6, 6.07) is 0.0659. The Bertz CT molecular complexity index is 975. The van der Waals surface area contributed by atoms with E-state index < -0.39 is 24.0 Å². The fourth-order valence-corrected chi connectivity index (χ4v) is 10.8. The first kappa shape index (κ1) is 27.9. The van der Waals surface area contributed by atoms with Gasteiger partial charge < -0.3 is 19.8 Å². The molecule has 4 saturated heterocycles. The highest BCUT2D eigenvalue weighted by Gasteiger charge is 2.86. The maximum absolute atomic E-state index is 15.2. The van der Waals surface area contributed by atoms with Gasteiger partial charge in [-0.05, 0) is 77.3 Å². The molecule has 6 aliphatic heterocycles. The van der Waals surface area contributed by atoms with E-state index in [1.54, 1.807) is 6.08 Å². The topological polar surface area (TPSA) is 66.8 Å². The molecule has 7 unspecified atom stereocenters. The van der Waals surface area contributed by atoms with Crippen LogP contribution in [0.2, 0.25) is 0 Å². The second-order valence-corrected chi connectivity index (χ2v) is 13.7. The van der Waals surface area contributed by atoms with E-state index in [1.807, 2.05) is 12.2 Å². The number of aliphatic hydroxyl groups excluding tert-OH is 2. The highest BCUT2D eigenvalue weighted by Crippen LogP contribution is 2.73. The van der Waals surface area contributed by atoms with Crippen molar-refractivity contribution in [3.8, 4) is 0 Å². The Kier molecular flexibility index (Phi) is 8.27. The van der Waals surface area contributed by atoms with E-state index in [2.05, 4.69) is 35.3 Å². The summed E-state index contributed by atoms with van der Waals surface area (Å²) in [5, 5.41) is 39.2. The van der Waals surface area contributed by atoms with Gasteiger partial charge in [0.2, 0.25) is 0 Å². The lowest BCUT2D eigenvalue weighted by Crippen LogP contribution is -2.77. The van der Waals surface area contributed by atoms with E-state index in [9.17, 15) is 10.2 Å². The lowest BCUT2D eigenvalue weighted by atomic mass is 9.52. The Morgan fingerprint density at radius 3 is 2.49 bits per heavy atom. The third-order valence-electron chi connectivity index (χ3n) is 11.9. The van der Waals surface area contributed by atoms with Crippen LogP contribution < -0.4 is 5.11 Å². The number of quaternary nitrogens is 1. The van der Waals surface area contributed by atoms with Crippen molar-refractivity contribution in [2.24, 2.45) is 17.3 Å². The number of rotatable bonds is 0. The van der Waals surface area contributed by atoms with Crippen LogP contribution in [0.3, 0.4) is 0 Å². The molecule has 9 atom stereocenters. The molecule has 0 amide bonds. The van der Waals surface area contributed by atoms with Crippen LogP contribution in [0.4, 0.5) is 0 Å². The fraction of sp³-hybridized carbons (Fsp3) is 0.765. The molecule has 6 heterocycles. The van der Waals surface area contributed by atoms with Gasteiger partial charge >= 0.3 is 0 Å². The van der Waals surface area contributed by atoms with Gasteiger partial charge in [0.1, 0.15) is 17.7 Å². The van der Waals surface area contributed by atoms with Crippen molar-refractivity contribution in [2.45, 2.75) is 120 Å². The number of hydrogen-bond donors (Lipinski definition) is 2. The second kappa shape index (κ2) is 11.6. The van der Waals surface area contributed by atoms with Crippen LogP contribution in [0.15, 0.2) is 48.6 Å². The molecule has 5 nitrogen and oxygen atoms in total. The fourth-order valence-electron chi connectivity index (χ4n) is 10.8. The number of piperidine rings is 2. The minimum absolute atomic E-state index is 0.0659. The average molecular weight is 537 g/mol. The first-order chi connectivity index (χ1) is 19.1. The van der Waals surface area contributed by atoms with Gasteiger partial charge in [-0.2, -0.15) is 0 Å². The summed E-state index contributed by atoms with van der Waals surface area (Å²) >= 11 is 0. The van der Waals surface area contributed by atoms with Crippen molar-refractivity contribution >= 4 is 0 Å². The molecule has 0 aromatic heterocycles. The van der Waals surface area contributed by atoms with Crippen LogP contribution in [0.5, 0.6) is 0 Å². The van der Waals surface area contributed by atoms with Crippen molar-refractivity contribution in [3.05, 3.63) is 48.6 Å². The van der Waals surface area contributed by atoms with E-state index in [1.165, 1.54) is 32.1 Å². The van der Waals surface area contributed by atoms with E-state index in [-0.39, 0.29) is 11.5 Å². The van der Waals surface area contributed by atoms with Crippen molar-refractivity contribution in [1.82, 2.24) is 4.90 Å². The molecule has 2 N–H and O–H groups in total. The Labute approximate surface area is 236 Å². The first-order valence-corrected chi connectivity index (χ1v) is 16.3. The molecular weight excluding hydrogens is 484 g/mol. The molecule has 6 bridgehead atoms. The minimum atomic E-state index is -0.951. The van der Waals surface area contributed by atoms with Crippen LogP contribution >= 0.6 is 0 Å². The molecule has 1 saturated carbocycles. The van der Waals surface area contributed by atoms with Crippen LogP contribution in [-0.2, 0) is 0 Å². The summed E-state index contributed by atoms with van der Waals surface area (Å²) in [6.07, 6.45) is 29.9. The van der Waals surface area contributed by atoms with E-state index in [0.717, 1.165) is 84.0 Å². The summed E-state index contributed by atoms with van der Waals surface area (Å²) in [5.41, 5.74) is -0.872. The molecule has 7 rings (SSSR count). The standard InChI is InChI=1S/C34H52N2O3/c37-29-19-15-11-7-3-6-10-14-18-24-36-26-27-25-33(32(36)39)21-16-12-8-4-1-2-5-9-13-17-22-35-23-20-28(27)34(36,30(29)38)31(33)35/h5-7,9-11,15,19,27-32,37-38H,1-4,8,12-14,16-18,20-26H2/b9-5-,10-6-,11-7-,19-15-/t27?,28?,29-,30+,31?,32?,33?,34?,36?/m0/s1. The quantitative estimate of drug-likeness (QED) is 0.351. The molecule has 3 spiro atoms. The van der Waals surface area contributed by atoms with Crippen molar-refractivity contribution in [1.29, 1.82) is 0 Å². The number of aliphatic hydroxyl groups is 2. The van der Waals surface area contributed by atoms with Gasteiger partial charge in [-0.3, -0.25) is 4.90 Å². The number of nitrogens with zero attached hydrogens (tertiary/aromatic N) is 2. The van der Waals surface area contributed by atoms with Gasteiger partial charge in [0.25, 0.3) is 0 Å². The Balaban J connectivity index is 1.45. The molecule has 1 aliphatic carbocycles. The normalized spacial score (nSPS) is 50.6. The SMILES string of the molecule is [O-]C1C23CCCCCCC/C=C\CCCN4CCC5C(C2)C[N+]12CCC/C=C\C/C=C\C=C/[C@H](O)[C@@H](O)C52C43. The third-order valence-corrected chi connectivity index (χ3v) is 11.9. The summed E-state index contributed by atoms with van der Waals surface area (Å²) in [7, 11) is 0. The Hall–Kier alpha value is -1.24. The summed E-state index contributed by atoms with van der Waals surface area (Å²) < 4.78 is 0.513. The molecule has 0 radical (unpaired) electrons. The van der Waals surface area contributed by atoms with E-state index in [4.69, 9.17) is 0 Å². The highest BCUT2D eigenvalue weighted by molar-refractivity contribution is 5.28. The van der Waals surface area contributed by atoms with Gasteiger partial charge in [-0.15, -0.1) is 0 Å². The maximum atomic E-state index is 15.2. The zero-order valence-corrected chi connectivity index (χ0v) is 24.0. The molecule has 216 valence electrons. The molecule has 5 heteroatoms. The van der Waals surface area contributed by atoms with Gasteiger partial charge in [-0.1, -0.05) is 74.3 Å². The molecule has 39 heavy (non-hydrogen) atoms. The second-order valence-electron chi connectivity index (χ2n) is 13.7. The van der Waals surface area contributed by atoms with Gasteiger partial charge in [0, 0.05) is 23.5 Å². The third kappa shape index (κ3) is 4.37. The summed E-state index contributed by atoms with van der Waals surface area (Å²) in [4.78, 5) is 2.67. The molecule has 0 aromatic carbocycles. The van der Waals surface area contributed by atoms with Crippen molar-refractivity contribution < 1.29 is 19.8 Å². The Morgan fingerprint density at radius 1 is 0.821 bits per heavy atom. The number of hydrogen-bond acceptors (Lipinski definition) is 4. The average Bonchev–Trinajstić information content (AvgIpc) is 3.22. The Morgan fingerprint density at radius 2 is 1.59 bits per heavy atom. The molecule has 0 aromatic rings. The van der Waals surface area contributed by atoms with Crippen molar-refractivity contribution in [3.63, 3.8) is 0 Å². The van der Waals surface area contributed by atoms with Crippen LogP contribution in [0.1, 0.15) is 89.9 Å².